The second-order valence-corrected chi connectivity index (χ2v) is 5.55. The molecule has 0 aliphatic carbocycles. The van der Waals surface area contributed by atoms with Gasteiger partial charge in [-0.25, -0.2) is 0 Å². The fourth-order valence-corrected chi connectivity index (χ4v) is 2.27. The highest BCUT2D eigenvalue weighted by Crippen LogP contribution is 2.18. The molecule has 1 aromatic heterocycles. The van der Waals surface area contributed by atoms with Gasteiger partial charge in [-0.3, -0.25) is 0 Å². The maximum atomic E-state index is 5.77. The fraction of sp³-hybridized carbons (Fsp3) is 0.733. The van der Waals surface area contributed by atoms with Gasteiger partial charge in [0, 0.05) is 25.9 Å². The summed E-state index contributed by atoms with van der Waals surface area (Å²) >= 11 is 0. The standard InChI is InChI=1S/C15H25NO3/c1-12(2)10-18-11-14(15-4-3-7-19-15)16-13-5-8-17-9-6-13/h3-4,7,12-14,16H,5-6,8-11H2,1-2H3/t14-/m1/s1. The molecule has 0 radical (unpaired) electrons. The molecular formula is C15H25NO3. The molecule has 1 aromatic rings. The number of rotatable bonds is 7. The van der Waals surface area contributed by atoms with E-state index in [0.29, 0.717) is 18.6 Å². The molecule has 1 atom stereocenters. The highest BCUT2D eigenvalue weighted by atomic mass is 16.5. The van der Waals surface area contributed by atoms with Crippen LogP contribution < -0.4 is 5.32 Å². The summed E-state index contributed by atoms with van der Waals surface area (Å²) in [6.07, 6.45) is 3.83. The van der Waals surface area contributed by atoms with E-state index in [4.69, 9.17) is 13.9 Å². The summed E-state index contributed by atoms with van der Waals surface area (Å²) in [6.45, 7) is 7.45. The predicted molar refractivity (Wildman–Crippen MR) is 74.1 cm³/mol. The molecule has 0 bridgehead atoms. The van der Waals surface area contributed by atoms with Crippen molar-refractivity contribution < 1.29 is 13.9 Å². The zero-order valence-electron chi connectivity index (χ0n) is 11.9. The van der Waals surface area contributed by atoms with Gasteiger partial charge >= 0.3 is 0 Å². The quantitative estimate of drug-likeness (QED) is 0.825. The Morgan fingerprint density at radius 1 is 1.32 bits per heavy atom. The average molecular weight is 267 g/mol. The number of furan rings is 1. The first-order valence-corrected chi connectivity index (χ1v) is 7.20. The SMILES string of the molecule is CC(C)COC[C@@H](NC1CCOCC1)c1ccco1. The number of ether oxygens (including phenoxy) is 2. The summed E-state index contributed by atoms with van der Waals surface area (Å²) in [5, 5.41) is 3.63. The van der Waals surface area contributed by atoms with E-state index in [2.05, 4.69) is 19.2 Å². The molecule has 4 heteroatoms. The van der Waals surface area contributed by atoms with Crippen LogP contribution in [0.25, 0.3) is 0 Å². The van der Waals surface area contributed by atoms with E-state index < -0.39 is 0 Å². The lowest BCUT2D eigenvalue weighted by Gasteiger charge is -2.27. The lowest BCUT2D eigenvalue weighted by atomic mass is 10.1. The van der Waals surface area contributed by atoms with Crippen LogP contribution in [0.1, 0.15) is 38.5 Å². The van der Waals surface area contributed by atoms with Gasteiger partial charge in [0.1, 0.15) is 5.76 Å². The van der Waals surface area contributed by atoms with Gasteiger partial charge in [0.15, 0.2) is 0 Å². The van der Waals surface area contributed by atoms with Gasteiger partial charge in [-0.05, 0) is 30.9 Å². The topological polar surface area (TPSA) is 43.6 Å². The largest absolute Gasteiger partial charge is 0.468 e. The van der Waals surface area contributed by atoms with Gasteiger partial charge in [-0.2, -0.15) is 0 Å². The van der Waals surface area contributed by atoms with Crippen LogP contribution in [-0.4, -0.2) is 32.5 Å². The molecule has 2 heterocycles. The fourth-order valence-electron chi connectivity index (χ4n) is 2.27. The van der Waals surface area contributed by atoms with Crippen molar-refractivity contribution in [2.24, 2.45) is 5.92 Å². The van der Waals surface area contributed by atoms with Crippen molar-refractivity contribution in [3.8, 4) is 0 Å². The molecule has 1 fully saturated rings. The predicted octanol–water partition coefficient (Wildman–Crippen LogP) is 2.76. The third-order valence-electron chi connectivity index (χ3n) is 3.28. The molecule has 0 saturated carbocycles. The van der Waals surface area contributed by atoms with Gasteiger partial charge in [0.05, 0.1) is 18.9 Å². The van der Waals surface area contributed by atoms with Gasteiger partial charge in [0.25, 0.3) is 0 Å². The molecule has 1 aliphatic rings. The van der Waals surface area contributed by atoms with E-state index in [0.717, 1.165) is 38.4 Å². The highest BCUT2D eigenvalue weighted by molar-refractivity contribution is 5.05. The molecule has 1 saturated heterocycles. The van der Waals surface area contributed by atoms with Crippen LogP contribution in [0, 0.1) is 5.92 Å². The highest BCUT2D eigenvalue weighted by Gasteiger charge is 2.21. The van der Waals surface area contributed by atoms with Crippen LogP contribution in [0.5, 0.6) is 0 Å². The Morgan fingerprint density at radius 2 is 2.11 bits per heavy atom. The minimum Gasteiger partial charge on any atom is -0.468 e. The van der Waals surface area contributed by atoms with E-state index in [9.17, 15) is 0 Å². The molecule has 1 aliphatic heterocycles. The van der Waals surface area contributed by atoms with Crippen molar-refractivity contribution in [1.29, 1.82) is 0 Å². The van der Waals surface area contributed by atoms with E-state index in [1.807, 2.05) is 12.1 Å². The van der Waals surface area contributed by atoms with E-state index in [-0.39, 0.29) is 6.04 Å². The molecule has 0 aromatic carbocycles. The summed E-state index contributed by atoms with van der Waals surface area (Å²) in [5.74, 6) is 1.51. The molecule has 0 unspecified atom stereocenters. The number of hydrogen-bond acceptors (Lipinski definition) is 4. The second-order valence-electron chi connectivity index (χ2n) is 5.55. The Balaban J connectivity index is 1.86. The van der Waals surface area contributed by atoms with E-state index in [1.165, 1.54) is 0 Å². The van der Waals surface area contributed by atoms with Crippen molar-refractivity contribution in [3.63, 3.8) is 0 Å². The molecule has 4 nitrogen and oxygen atoms in total. The Kier molecular flexibility index (Phi) is 5.89. The maximum Gasteiger partial charge on any atom is 0.123 e. The van der Waals surface area contributed by atoms with Crippen LogP contribution in [0.2, 0.25) is 0 Å². The average Bonchev–Trinajstić information content (AvgIpc) is 2.92. The number of nitrogens with one attached hydrogen (secondary N) is 1. The Bertz CT molecular complexity index is 331. The lowest BCUT2D eigenvalue weighted by molar-refractivity contribution is 0.0540. The molecule has 19 heavy (non-hydrogen) atoms. The van der Waals surface area contributed by atoms with Crippen LogP contribution in [0.15, 0.2) is 22.8 Å². The van der Waals surface area contributed by atoms with Crippen LogP contribution in [-0.2, 0) is 9.47 Å². The lowest BCUT2D eigenvalue weighted by Crippen LogP contribution is -2.39. The van der Waals surface area contributed by atoms with Gasteiger partial charge in [0.2, 0.25) is 0 Å². The van der Waals surface area contributed by atoms with Crippen molar-refractivity contribution in [2.75, 3.05) is 26.4 Å². The minimum atomic E-state index is 0.136. The van der Waals surface area contributed by atoms with E-state index >= 15 is 0 Å². The van der Waals surface area contributed by atoms with Gasteiger partial charge in [-0.15, -0.1) is 0 Å². The van der Waals surface area contributed by atoms with Gasteiger partial charge < -0.3 is 19.2 Å². The van der Waals surface area contributed by atoms with Crippen molar-refractivity contribution in [3.05, 3.63) is 24.2 Å². The van der Waals surface area contributed by atoms with Crippen molar-refractivity contribution in [2.45, 2.75) is 38.8 Å². The first kappa shape index (κ1) is 14.6. The summed E-state index contributed by atoms with van der Waals surface area (Å²) in [7, 11) is 0. The normalized spacial score (nSPS) is 18.9. The molecular weight excluding hydrogens is 242 g/mol. The third kappa shape index (κ3) is 4.97. The molecule has 0 spiro atoms. The first-order valence-electron chi connectivity index (χ1n) is 7.20. The maximum absolute atomic E-state index is 5.77. The minimum absolute atomic E-state index is 0.136. The molecule has 2 rings (SSSR count). The van der Waals surface area contributed by atoms with Crippen LogP contribution >= 0.6 is 0 Å². The molecule has 1 N–H and O–H groups in total. The second kappa shape index (κ2) is 7.68. The van der Waals surface area contributed by atoms with Gasteiger partial charge in [-0.1, -0.05) is 13.8 Å². The summed E-state index contributed by atoms with van der Waals surface area (Å²) in [6, 6.07) is 4.56. The van der Waals surface area contributed by atoms with Crippen LogP contribution in [0.4, 0.5) is 0 Å². The zero-order valence-corrected chi connectivity index (χ0v) is 11.9. The monoisotopic (exact) mass is 267 g/mol. The third-order valence-corrected chi connectivity index (χ3v) is 3.28. The summed E-state index contributed by atoms with van der Waals surface area (Å²) in [5.41, 5.74) is 0. The summed E-state index contributed by atoms with van der Waals surface area (Å²) < 4.78 is 16.7. The Labute approximate surface area is 115 Å². The smallest absolute Gasteiger partial charge is 0.123 e. The number of hydrogen-bond donors (Lipinski definition) is 1. The Hall–Kier alpha value is -0.840. The van der Waals surface area contributed by atoms with Crippen molar-refractivity contribution in [1.82, 2.24) is 5.32 Å². The summed E-state index contributed by atoms with van der Waals surface area (Å²) in [4.78, 5) is 0. The zero-order chi connectivity index (χ0) is 13.5. The molecule has 0 amide bonds. The van der Waals surface area contributed by atoms with E-state index in [1.54, 1.807) is 6.26 Å². The van der Waals surface area contributed by atoms with Crippen LogP contribution in [0.3, 0.4) is 0 Å². The van der Waals surface area contributed by atoms with Crippen molar-refractivity contribution >= 4 is 0 Å². The Morgan fingerprint density at radius 3 is 2.74 bits per heavy atom. The molecule has 108 valence electrons. The first-order chi connectivity index (χ1) is 9.25.